The number of hydrazone groups is 1. The zero-order valence-corrected chi connectivity index (χ0v) is 13.1. The van der Waals surface area contributed by atoms with Crippen molar-refractivity contribution in [3.8, 4) is 5.75 Å². The first-order chi connectivity index (χ1) is 9.51. The number of aliphatic imine (C=N–C) groups is 1. The summed E-state index contributed by atoms with van der Waals surface area (Å²) in [5.74, 6) is 0.742. The molecule has 0 aliphatic rings. The predicted molar refractivity (Wildman–Crippen MR) is 88.8 cm³/mol. The topological polar surface area (TPSA) is 63.2 Å². The molecule has 0 heterocycles. The van der Waals surface area contributed by atoms with Crippen LogP contribution >= 0.6 is 11.8 Å². The van der Waals surface area contributed by atoms with E-state index in [4.69, 9.17) is 10.5 Å². The van der Waals surface area contributed by atoms with Crippen molar-refractivity contribution in [1.82, 2.24) is 5.01 Å². The lowest BCUT2D eigenvalue weighted by Crippen LogP contribution is -2.04. The number of thioether (sulfide) groups is 1. The number of amidine groups is 1. The molecule has 0 aromatic heterocycles. The predicted octanol–water partition coefficient (Wildman–Crippen LogP) is 2.91. The summed E-state index contributed by atoms with van der Waals surface area (Å²) in [6, 6.07) is 5.71. The van der Waals surface area contributed by atoms with Crippen molar-refractivity contribution in [2.75, 3.05) is 20.4 Å². The molecule has 2 N–H and O–H groups in total. The fourth-order valence-electron chi connectivity index (χ4n) is 1.64. The summed E-state index contributed by atoms with van der Waals surface area (Å²) in [5.41, 5.74) is 8.47. The Kier molecular flexibility index (Phi) is 6.11. The molecule has 0 saturated carbocycles. The van der Waals surface area contributed by atoms with Gasteiger partial charge in [-0.2, -0.15) is 5.10 Å². The van der Waals surface area contributed by atoms with Gasteiger partial charge in [-0.25, -0.2) is 4.99 Å². The van der Waals surface area contributed by atoms with Crippen LogP contribution in [0.4, 0.5) is 5.69 Å². The van der Waals surface area contributed by atoms with Gasteiger partial charge in [-0.15, -0.1) is 0 Å². The van der Waals surface area contributed by atoms with Gasteiger partial charge in [0, 0.05) is 31.6 Å². The van der Waals surface area contributed by atoms with Crippen molar-refractivity contribution in [2.45, 2.75) is 6.92 Å². The van der Waals surface area contributed by atoms with Crippen LogP contribution in [0.1, 0.15) is 12.5 Å². The first-order valence-corrected chi connectivity index (χ1v) is 7.18. The van der Waals surface area contributed by atoms with Crippen LogP contribution in [0.3, 0.4) is 0 Å². The highest BCUT2D eigenvalue weighted by atomic mass is 32.2. The number of ether oxygens (including phenoxy) is 1. The summed E-state index contributed by atoms with van der Waals surface area (Å²) in [6.07, 6.45) is 3.76. The summed E-state index contributed by atoms with van der Waals surface area (Å²) >= 11 is 1.40. The summed E-state index contributed by atoms with van der Waals surface area (Å²) < 4.78 is 5.42. The molecule has 0 amide bonds. The van der Waals surface area contributed by atoms with E-state index in [9.17, 15) is 0 Å². The van der Waals surface area contributed by atoms with Gasteiger partial charge in [-0.05, 0) is 30.9 Å². The number of nitrogens with two attached hydrogens (primary N) is 1. The number of benzene rings is 1. The van der Waals surface area contributed by atoms with Gasteiger partial charge in [-0.1, -0.05) is 11.8 Å². The van der Waals surface area contributed by atoms with Gasteiger partial charge in [0.2, 0.25) is 0 Å². The molecule has 6 heteroatoms. The van der Waals surface area contributed by atoms with Gasteiger partial charge < -0.3 is 10.5 Å². The van der Waals surface area contributed by atoms with Gasteiger partial charge in [0.15, 0.2) is 5.17 Å². The highest BCUT2D eigenvalue weighted by molar-refractivity contribution is 8.13. The number of methoxy groups -OCH3 is 1. The molecule has 0 unspecified atom stereocenters. The molecule has 1 aromatic carbocycles. The molecule has 1 aromatic rings. The van der Waals surface area contributed by atoms with Crippen LogP contribution in [0.25, 0.3) is 5.57 Å². The van der Waals surface area contributed by atoms with Gasteiger partial charge in [-0.3, -0.25) is 5.01 Å². The Labute approximate surface area is 124 Å². The van der Waals surface area contributed by atoms with E-state index in [0.29, 0.717) is 5.17 Å². The van der Waals surface area contributed by atoms with E-state index >= 15 is 0 Å². The van der Waals surface area contributed by atoms with Crippen LogP contribution in [0.5, 0.6) is 5.75 Å². The van der Waals surface area contributed by atoms with Crippen molar-refractivity contribution >= 4 is 34.9 Å². The van der Waals surface area contributed by atoms with Crippen LogP contribution in [0.2, 0.25) is 0 Å². The lowest BCUT2D eigenvalue weighted by molar-refractivity contribution is 0.413. The minimum Gasteiger partial charge on any atom is -0.496 e. The third kappa shape index (κ3) is 4.31. The highest BCUT2D eigenvalue weighted by Gasteiger charge is 2.07. The number of nitrogens with zero attached hydrogens (tertiary/aromatic N) is 3. The van der Waals surface area contributed by atoms with Gasteiger partial charge in [0.05, 0.1) is 12.8 Å². The van der Waals surface area contributed by atoms with Crippen molar-refractivity contribution in [1.29, 1.82) is 0 Å². The molecule has 5 nitrogen and oxygen atoms in total. The van der Waals surface area contributed by atoms with Gasteiger partial charge in [0.1, 0.15) is 5.75 Å². The second kappa shape index (κ2) is 7.59. The summed E-state index contributed by atoms with van der Waals surface area (Å²) in [4.78, 5) is 4.28. The molecule has 0 radical (unpaired) electrons. The average molecular weight is 292 g/mol. The number of hydrogen-bond acceptors (Lipinski definition) is 5. The molecule has 108 valence electrons. The fourth-order valence-corrected chi connectivity index (χ4v) is 1.84. The lowest BCUT2D eigenvalue weighted by Gasteiger charge is -2.12. The summed E-state index contributed by atoms with van der Waals surface area (Å²) in [7, 11) is 3.45. The number of hydrogen-bond donors (Lipinski definition) is 1. The molecular weight excluding hydrogens is 272 g/mol. The molecule has 0 atom stereocenters. The molecule has 20 heavy (non-hydrogen) atoms. The van der Waals surface area contributed by atoms with Crippen LogP contribution < -0.4 is 10.5 Å². The van der Waals surface area contributed by atoms with E-state index in [2.05, 4.69) is 16.8 Å². The van der Waals surface area contributed by atoms with E-state index < -0.39 is 0 Å². The van der Waals surface area contributed by atoms with E-state index in [-0.39, 0.29) is 0 Å². The third-order valence-electron chi connectivity index (χ3n) is 2.66. The monoisotopic (exact) mass is 292 g/mol. The molecule has 0 bridgehead atoms. The second-order valence-electron chi connectivity index (χ2n) is 4.07. The van der Waals surface area contributed by atoms with Crippen LogP contribution in [-0.4, -0.2) is 37.3 Å². The van der Waals surface area contributed by atoms with Crippen molar-refractivity contribution in [3.63, 3.8) is 0 Å². The van der Waals surface area contributed by atoms with Gasteiger partial charge in [0.25, 0.3) is 0 Å². The fraction of sp³-hybridized carbons (Fsp3) is 0.286. The van der Waals surface area contributed by atoms with Crippen molar-refractivity contribution in [2.24, 2.45) is 15.8 Å². The number of rotatable bonds is 5. The zero-order valence-electron chi connectivity index (χ0n) is 12.3. The first kappa shape index (κ1) is 16.1. The Bertz CT molecular complexity index is 540. The quantitative estimate of drug-likeness (QED) is 0.515. The Balaban J connectivity index is 3.17. The molecule has 0 aliphatic carbocycles. The van der Waals surface area contributed by atoms with Gasteiger partial charge >= 0.3 is 0 Å². The standard InChI is InChI=1S/C14H20N4OS/c1-10(9-18(3)16-2)12-7-6-11(8-13(12)19-4)17-14(15)20-5/h6-9H,2H2,1,3-5H3,(H2,15,17)/b10-9+. The molecule has 1 rings (SSSR count). The maximum Gasteiger partial charge on any atom is 0.158 e. The van der Waals surface area contributed by atoms with Crippen molar-refractivity contribution < 1.29 is 4.74 Å². The Morgan fingerprint density at radius 3 is 2.75 bits per heavy atom. The first-order valence-electron chi connectivity index (χ1n) is 5.96. The maximum atomic E-state index is 5.71. The highest BCUT2D eigenvalue weighted by Crippen LogP contribution is 2.30. The molecule has 0 spiro atoms. The third-order valence-corrected chi connectivity index (χ3v) is 3.17. The zero-order chi connectivity index (χ0) is 15.1. The lowest BCUT2D eigenvalue weighted by atomic mass is 10.1. The average Bonchev–Trinajstić information content (AvgIpc) is 2.46. The minimum absolute atomic E-state index is 0.516. The van der Waals surface area contributed by atoms with E-state index in [1.807, 2.05) is 44.6 Å². The minimum atomic E-state index is 0.516. The smallest absolute Gasteiger partial charge is 0.158 e. The number of allylic oxidation sites excluding steroid dienone is 1. The Morgan fingerprint density at radius 2 is 2.20 bits per heavy atom. The van der Waals surface area contributed by atoms with Crippen LogP contribution in [0.15, 0.2) is 34.5 Å². The van der Waals surface area contributed by atoms with Crippen molar-refractivity contribution in [3.05, 3.63) is 30.0 Å². The van der Waals surface area contributed by atoms with Crippen LogP contribution in [-0.2, 0) is 0 Å². The maximum absolute atomic E-state index is 5.71. The molecular formula is C14H20N4OS. The van der Waals surface area contributed by atoms with E-state index in [1.54, 1.807) is 12.1 Å². The second-order valence-corrected chi connectivity index (χ2v) is 4.89. The molecule has 0 fully saturated rings. The van der Waals surface area contributed by atoms with Crippen LogP contribution in [0, 0.1) is 0 Å². The normalized spacial score (nSPS) is 12.2. The molecule has 0 saturated heterocycles. The Morgan fingerprint density at radius 1 is 1.50 bits per heavy atom. The summed E-state index contributed by atoms with van der Waals surface area (Å²) in [5, 5.41) is 5.96. The summed E-state index contributed by atoms with van der Waals surface area (Å²) in [6.45, 7) is 5.46. The largest absolute Gasteiger partial charge is 0.496 e. The Hall–Kier alpha value is -1.95. The van der Waals surface area contributed by atoms with E-state index in [0.717, 1.165) is 22.6 Å². The molecule has 0 aliphatic heterocycles. The SMILES string of the molecule is C=NN(C)/C=C(\C)c1ccc(N=C(N)SC)cc1OC. The van der Waals surface area contributed by atoms with E-state index in [1.165, 1.54) is 11.8 Å².